The number of aromatic nitrogens is 3. The molecule has 0 unspecified atom stereocenters. The molecule has 0 amide bonds. The Morgan fingerprint density at radius 1 is 1.45 bits per heavy atom. The number of halogens is 1. The summed E-state index contributed by atoms with van der Waals surface area (Å²) in [7, 11) is 0. The van der Waals surface area contributed by atoms with Crippen molar-refractivity contribution in [3.05, 3.63) is 56.4 Å². The second-order valence-corrected chi connectivity index (χ2v) is 5.64. The van der Waals surface area contributed by atoms with Crippen LogP contribution in [0.4, 0.5) is 11.5 Å². The van der Waals surface area contributed by atoms with Crippen LogP contribution in [0.2, 0.25) is 0 Å². The molecule has 0 aliphatic rings. The number of nitrogens with one attached hydrogen (secondary N) is 2. The molecule has 2 aromatic heterocycles. The Morgan fingerprint density at radius 2 is 2.27 bits per heavy atom. The molecule has 112 valence electrons. The molecule has 2 heterocycles. The zero-order valence-electron chi connectivity index (χ0n) is 11.6. The van der Waals surface area contributed by atoms with Crippen molar-refractivity contribution in [2.75, 3.05) is 5.32 Å². The van der Waals surface area contributed by atoms with Crippen LogP contribution in [0.5, 0.6) is 0 Å². The molecule has 1 aromatic carbocycles. The van der Waals surface area contributed by atoms with Crippen molar-refractivity contribution >= 4 is 38.5 Å². The lowest BCUT2D eigenvalue weighted by Gasteiger charge is -2.05. The van der Waals surface area contributed by atoms with E-state index in [1.165, 1.54) is 12.3 Å². The summed E-state index contributed by atoms with van der Waals surface area (Å²) < 4.78 is 0.536. The number of para-hydroxylation sites is 1. The number of H-pyrrole nitrogens is 1. The first-order valence-corrected chi connectivity index (χ1v) is 7.32. The molecule has 0 bridgehead atoms. The molecule has 2 N–H and O–H groups in total. The fourth-order valence-corrected chi connectivity index (χ4v) is 2.61. The van der Waals surface area contributed by atoms with Crippen LogP contribution in [0, 0.1) is 17.0 Å². The minimum atomic E-state index is -0.483. The van der Waals surface area contributed by atoms with E-state index in [0.717, 1.165) is 22.4 Å². The molecule has 0 spiro atoms. The lowest BCUT2D eigenvalue weighted by Crippen LogP contribution is -2.04. The summed E-state index contributed by atoms with van der Waals surface area (Å²) >= 11 is 3.28. The maximum Gasteiger partial charge on any atom is 0.288 e. The third kappa shape index (κ3) is 2.77. The highest BCUT2D eigenvalue weighted by atomic mass is 79.9. The Hall–Kier alpha value is -2.48. The van der Waals surface area contributed by atoms with Crippen molar-refractivity contribution in [3.63, 3.8) is 0 Å². The molecule has 0 atom stereocenters. The van der Waals surface area contributed by atoms with Crippen LogP contribution in [-0.2, 0) is 6.54 Å². The summed E-state index contributed by atoms with van der Waals surface area (Å²) in [6.45, 7) is 2.45. The normalized spacial score (nSPS) is 10.8. The van der Waals surface area contributed by atoms with E-state index in [4.69, 9.17) is 0 Å². The zero-order valence-corrected chi connectivity index (χ0v) is 13.2. The number of anilines is 1. The van der Waals surface area contributed by atoms with Crippen molar-refractivity contribution < 1.29 is 4.92 Å². The lowest BCUT2D eigenvalue weighted by atomic mass is 10.2. The fourth-order valence-electron chi connectivity index (χ4n) is 2.14. The van der Waals surface area contributed by atoms with Gasteiger partial charge in [-0.05, 0) is 34.5 Å². The Bertz CT molecular complexity index is 862. The number of benzene rings is 1. The second-order valence-electron chi connectivity index (χ2n) is 4.79. The summed E-state index contributed by atoms with van der Waals surface area (Å²) in [6, 6.07) is 7.37. The average Bonchev–Trinajstić information content (AvgIpc) is 2.90. The van der Waals surface area contributed by atoms with Gasteiger partial charge in [0.2, 0.25) is 0 Å². The number of fused-ring (bicyclic) bond motifs is 1. The third-order valence-corrected chi connectivity index (χ3v) is 3.83. The van der Waals surface area contributed by atoms with Crippen molar-refractivity contribution in [1.82, 2.24) is 15.0 Å². The maximum absolute atomic E-state index is 10.7. The van der Waals surface area contributed by atoms with Gasteiger partial charge in [-0.25, -0.2) is 9.97 Å². The standard InChI is InChI=1S/C14H12BrN5O2/c1-8-3-2-4-11-13(8)19-12(18-11)7-17-14-10(15)5-9(6-16-14)20(21)22/h2-6H,7H2,1H3,(H,16,17)(H,18,19). The largest absolute Gasteiger partial charge is 0.362 e. The quantitative estimate of drug-likeness (QED) is 0.547. The van der Waals surface area contributed by atoms with Crippen molar-refractivity contribution in [3.8, 4) is 0 Å². The average molecular weight is 362 g/mol. The Morgan fingerprint density at radius 3 is 2.95 bits per heavy atom. The highest BCUT2D eigenvalue weighted by molar-refractivity contribution is 9.10. The first-order valence-electron chi connectivity index (χ1n) is 6.52. The molecule has 3 rings (SSSR count). The van der Waals surface area contributed by atoms with Crippen LogP contribution in [0.1, 0.15) is 11.4 Å². The van der Waals surface area contributed by atoms with Crippen LogP contribution >= 0.6 is 15.9 Å². The number of nitrogens with zero attached hydrogens (tertiary/aromatic N) is 3. The predicted molar refractivity (Wildman–Crippen MR) is 86.7 cm³/mol. The van der Waals surface area contributed by atoms with Gasteiger partial charge < -0.3 is 10.3 Å². The first-order chi connectivity index (χ1) is 10.5. The zero-order chi connectivity index (χ0) is 15.7. The molecule has 0 saturated carbocycles. The van der Waals surface area contributed by atoms with E-state index in [1.807, 2.05) is 25.1 Å². The van der Waals surface area contributed by atoms with E-state index in [2.05, 4.69) is 36.2 Å². The van der Waals surface area contributed by atoms with E-state index < -0.39 is 4.92 Å². The summed E-state index contributed by atoms with van der Waals surface area (Å²) in [5.41, 5.74) is 2.97. The van der Waals surface area contributed by atoms with Gasteiger partial charge in [-0.15, -0.1) is 0 Å². The van der Waals surface area contributed by atoms with Gasteiger partial charge in [-0.3, -0.25) is 10.1 Å². The van der Waals surface area contributed by atoms with E-state index in [9.17, 15) is 10.1 Å². The minimum absolute atomic E-state index is 0.0585. The van der Waals surface area contributed by atoms with Crippen molar-refractivity contribution in [2.24, 2.45) is 0 Å². The van der Waals surface area contributed by atoms with Crippen LogP contribution in [0.15, 0.2) is 34.9 Å². The Balaban J connectivity index is 1.79. The van der Waals surface area contributed by atoms with Crippen LogP contribution in [0.3, 0.4) is 0 Å². The number of rotatable bonds is 4. The molecule has 0 aliphatic heterocycles. The maximum atomic E-state index is 10.7. The van der Waals surface area contributed by atoms with Crippen LogP contribution < -0.4 is 5.32 Å². The van der Waals surface area contributed by atoms with Gasteiger partial charge in [0.25, 0.3) is 5.69 Å². The third-order valence-electron chi connectivity index (χ3n) is 3.22. The topological polar surface area (TPSA) is 96.7 Å². The molecular formula is C14H12BrN5O2. The molecule has 8 heteroatoms. The molecule has 0 saturated heterocycles. The lowest BCUT2D eigenvalue weighted by molar-refractivity contribution is -0.385. The summed E-state index contributed by atoms with van der Waals surface area (Å²) in [5.74, 6) is 1.30. The fraction of sp³-hybridized carbons (Fsp3) is 0.143. The molecule has 3 aromatic rings. The summed E-state index contributed by atoms with van der Waals surface area (Å²) in [4.78, 5) is 22.0. The van der Waals surface area contributed by atoms with E-state index >= 15 is 0 Å². The number of aromatic amines is 1. The number of pyridine rings is 1. The summed E-state index contributed by atoms with van der Waals surface area (Å²) in [6.07, 6.45) is 1.22. The number of hydrogen-bond donors (Lipinski definition) is 2. The predicted octanol–water partition coefficient (Wildman–Crippen LogP) is 3.55. The van der Waals surface area contributed by atoms with Crippen LogP contribution in [-0.4, -0.2) is 19.9 Å². The van der Waals surface area contributed by atoms with E-state index in [0.29, 0.717) is 16.8 Å². The number of hydrogen-bond acceptors (Lipinski definition) is 5. The molecule has 0 radical (unpaired) electrons. The highest BCUT2D eigenvalue weighted by Gasteiger charge is 2.11. The molecular weight excluding hydrogens is 350 g/mol. The summed E-state index contributed by atoms with van der Waals surface area (Å²) in [5, 5.41) is 13.8. The molecule has 0 aliphatic carbocycles. The monoisotopic (exact) mass is 361 g/mol. The number of aryl methyl sites for hydroxylation is 1. The van der Waals surface area contributed by atoms with Crippen LogP contribution in [0.25, 0.3) is 11.0 Å². The van der Waals surface area contributed by atoms with Gasteiger partial charge in [0, 0.05) is 6.07 Å². The van der Waals surface area contributed by atoms with Gasteiger partial charge >= 0.3 is 0 Å². The SMILES string of the molecule is Cc1cccc2[nH]c(CNc3ncc([N+](=O)[O-])cc3Br)nc12. The first kappa shape index (κ1) is 14.5. The molecule has 22 heavy (non-hydrogen) atoms. The smallest absolute Gasteiger partial charge is 0.288 e. The van der Waals surface area contributed by atoms with Crippen molar-refractivity contribution in [1.29, 1.82) is 0 Å². The number of nitro groups is 1. The Labute approximate surface area is 134 Å². The van der Waals surface area contributed by atoms with Gasteiger partial charge in [-0.1, -0.05) is 12.1 Å². The van der Waals surface area contributed by atoms with E-state index in [1.54, 1.807) is 0 Å². The van der Waals surface area contributed by atoms with E-state index in [-0.39, 0.29) is 5.69 Å². The van der Waals surface area contributed by atoms with Crippen molar-refractivity contribution in [2.45, 2.75) is 13.5 Å². The van der Waals surface area contributed by atoms with Gasteiger partial charge in [-0.2, -0.15) is 0 Å². The van der Waals surface area contributed by atoms with Gasteiger partial charge in [0.05, 0.1) is 27.0 Å². The van der Waals surface area contributed by atoms with Gasteiger partial charge in [0.15, 0.2) is 0 Å². The van der Waals surface area contributed by atoms with Gasteiger partial charge in [0.1, 0.15) is 17.8 Å². The minimum Gasteiger partial charge on any atom is -0.362 e. The molecule has 7 nitrogen and oxygen atoms in total. The number of imidazole rings is 1. The Kier molecular flexibility index (Phi) is 3.76. The second kappa shape index (κ2) is 5.72. The molecule has 0 fully saturated rings. The highest BCUT2D eigenvalue weighted by Crippen LogP contribution is 2.25.